The summed E-state index contributed by atoms with van der Waals surface area (Å²) in [5.41, 5.74) is -0.106. The van der Waals surface area contributed by atoms with E-state index in [0.29, 0.717) is 5.33 Å². The highest BCUT2D eigenvalue weighted by atomic mass is 79.9. The van der Waals surface area contributed by atoms with Crippen LogP contribution in [-0.2, 0) is 4.79 Å². The molecule has 0 aliphatic carbocycles. The summed E-state index contributed by atoms with van der Waals surface area (Å²) in [5, 5.41) is 3.16. The van der Waals surface area contributed by atoms with Gasteiger partial charge < -0.3 is 5.32 Å². The van der Waals surface area contributed by atoms with Gasteiger partial charge in [-0.05, 0) is 20.8 Å². The monoisotopic (exact) mass is 193 g/mol. The molecule has 0 aromatic heterocycles. The predicted molar refractivity (Wildman–Crippen MR) is 41.7 cm³/mol. The van der Waals surface area contributed by atoms with E-state index < -0.39 is 0 Å². The second-order valence-corrected chi connectivity index (χ2v) is 3.49. The van der Waals surface area contributed by atoms with E-state index in [9.17, 15) is 4.79 Å². The summed E-state index contributed by atoms with van der Waals surface area (Å²) in [6.45, 7) is 5.86. The van der Waals surface area contributed by atoms with Crippen LogP contribution >= 0.6 is 15.9 Å². The Labute approximate surface area is 64.1 Å². The first-order valence-electron chi connectivity index (χ1n) is 2.82. The number of amides is 1. The van der Waals surface area contributed by atoms with E-state index in [4.69, 9.17) is 0 Å². The molecule has 0 bridgehead atoms. The maximum Gasteiger partial charge on any atom is 0.231 e. The van der Waals surface area contributed by atoms with Gasteiger partial charge in [0, 0.05) is 5.54 Å². The number of halogens is 1. The molecular weight excluding hydrogens is 182 g/mol. The highest BCUT2D eigenvalue weighted by Crippen LogP contribution is 1.98. The van der Waals surface area contributed by atoms with Gasteiger partial charge in [-0.3, -0.25) is 4.79 Å². The zero-order valence-electron chi connectivity index (χ0n) is 5.99. The average molecular weight is 194 g/mol. The van der Waals surface area contributed by atoms with Gasteiger partial charge in [0.15, 0.2) is 0 Å². The van der Waals surface area contributed by atoms with Crippen molar-refractivity contribution in [2.75, 3.05) is 5.33 Å². The van der Waals surface area contributed by atoms with E-state index in [1.54, 1.807) is 0 Å². The summed E-state index contributed by atoms with van der Waals surface area (Å²) in [5.74, 6) is 0.0301. The summed E-state index contributed by atoms with van der Waals surface area (Å²) in [6.07, 6.45) is 0. The molecule has 54 valence electrons. The van der Waals surface area contributed by atoms with E-state index >= 15 is 0 Å². The molecule has 3 heteroatoms. The normalized spacial score (nSPS) is 11.1. The van der Waals surface area contributed by atoms with Gasteiger partial charge in [-0.2, -0.15) is 0 Å². The fourth-order valence-electron chi connectivity index (χ4n) is 0.452. The van der Waals surface area contributed by atoms with Gasteiger partial charge in [0.1, 0.15) is 0 Å². The lowest BCUT2D eigenvalue weighted by molar-refractivity contribution is -0.119. The van der Waals surface area contributed by atoms with Crippen molar-refractivity contribution in [1.82, 2.24) is 5.32 Å². The topological polar surface area (TPSA) is 29.1 Å². The first-order chi connectivity index (χ1) is 3.95. The predicted octanol–water partition coefficient (Wildman–Crippen LogP) is 1.30. The molecule has 0 fully saturated rings. The second-order valence-electron chi connectivity index (χ2n) is 2.93. The number of nitrogens with one attached hydrogen (secondary N) is 1. The van der Waals surface area contributed by atoms with Crippen LogP contribution in [0, 0.1) is 0 Å². The fourth-order valence-corrected chi connectivity index (χ4v) is 0.592. The molecule has 0 aliphatic rings. The minimum atomic E-state index is -0.106. The minimum absolute atomic E-state index is 0.0301. The average Bonchev–Trinajstić information content (AvgIpc) is 1.62. The molecule has 0 spiro atoms. The Bertz CT molecular complexity index is 106. The number of carbonyl (C=O) groups is 1. The molecule has 0 radical (unpaired) electrons. The summed E-state index contributed by atoms with van der Waals surface area (Å²) in [4.78, 5) is 10.7. The van der Waals surface area contributed by atoms with Gasteiger partial charge in [0.2, 0.25) is 5.91 Å². The standard InChI is InChI=1S/C6H12BrNO/c1-6(2,3)8-5(9)4-7/h4H2,1-3H3,(H,8,9). The Hall–Kier alpha value is -0.0500. The van der Waals surface area contributed by atoms with Crippen molar-refractivity contribution >= 4 is 21.8 Å². The van der Waals surface area contributed by atoms with E-state index in [1.165, 1.54) is 0 Å². The van der Waals surface area contributed by atoms with Gasteiger partial charge >= 0.3 is 0 Å². The molecule has 0 heterocycles. The number of rotatable bonds is 1. The van der Waals surface area contributed by atoms with Crippen LogP contribution in [0.2, 0.25) is 0 Å². The van der Waals surface area contributed by atoms with Crippen molar-refractivity contribution in [1.29, 1.82) is 0 Å². The minimum Gasteiger partial charge on any atom is -0.351 e. The third-order valence-corrected chi connectivity index (χ3v) is 1.15. The SMILES string of the molecule is CC(C)(C)NC(=O)CBr. The van der Waals surface area contributed by atoms with Crippen molar-refractivity contribution in [3.8, 4) is 0 Å². The van der Waals surface area contributed by atoms with Gasteiger partial charge in [-0.15, -0.1) is 0 Å². The molecule has 1 N–H and O–H groups in total. The Morgan fingerprint density at radius 1 is 1.56 bits per heavy atom. The number of carbonyl (C=O) groups excluding carboxylic acids is 1. The molecule has 1 amide bonds. The summed E-state index contributed by atoms with van der Waals surface area (Å²) in [6, 6.07) is 0. The Kier molecular flexibility index (Phi) is 3.18. The number of hydrogen-bond donors (Lipinski definition) is 1. The lowest BCUT2D eigenvalue weighted by atomic mass is 10.1. The van der Waals surface area contributed by atoms with E-state index in [1.807, 2.05) is 20.8 Å². The van der Waals surface area contributed by atoms with Crippen molar-refractivity contribution in [3.63, 3.8) is 0 Å². The maximum absolute atomic E-state index is 10.7. The van der Waals surface area contributed by atoms with Crippen LogP contribution < -0.4 is 5.32 Å². The smallest absolute Gasteiger partial charge is 0.231 e. The zero-order valence-corrected chi connectivity index (χ0v) is 7.58. The van der Waals surface area contributed by atoms with Crippen molar-refractivity contribution in [2.45, 2.75) is 26.3 Å². The van der Waals surface area contributed by atoms with Crippen molar-refractivity contribution in [3.05, 3.63) is 0 Å². The molecular formula is C6H12BrNO. The summed E-state index contributed by atoms with van der Waals surface area (Å²) >= 11 is 3.06. The lowest BCUT2D eigenvalue weighted by Crippen LogP contribution is -2.41. The van der Waals surface area contributed by atoms with Crippen LogP contribution in [0.25, 0.3) is 0 Å². The zero-order chi connectivity index (χ0) is 7.49. The summed E-state index contributed by atoms with van der Waals surface area (Å²) in [7, 11) is 0. The molecule has 0 saturated heterocycles. The van der Waals surface area contributed by atoms with Crippen LogP contribution in [0.3, 0.4) is 0 Å². The lowest BCUT2D eigenvalue weighted by Gasteiger charge is -2.19. The quantitative estimate of drug-likeness (QED) is 0.626. The molecule has 0 rings (SSSR count). The molecule has 0 aliphatic heterocycles. The highest BCUT2D eigenvalue weighted by Gasteiger charge is 2.11. The van der Waals surface area contributed by atoms with Crippen LogP contribution in [0.4, 0.5) is 0 Å². The van der Waals surface area contributed by atoms with Crippen LogP contribution in [0.1, 0.15) is 20.8 Å². The molecule has 0 aromatic carbocycles. The van der Waals surface area contributed by atoms with Crippen LogP contribution in [0.5, 0.6) is 0 Å². The number of alkyl halides is 1. The first kappa shape index (κ1) is 8.95. The fraction of sp³-hybridized carbons (Fsp3) is 0.833. The maximum atomic E-state index is 10.7. The largest absolute Gasteiger partial charge is 0.351 e. The molecule has 0 saturated carbocycles. The van der Waals surface area contributed by atoms with Crippen molar-refractivity contribution in [2.24, 2.45) is 0 Å². The van der Waals surface area contributed by atoms with Gasteiger partial charge in [-0.1, -0.05) is 15.9 Å². The third kappa shape index (κ3) is 5.83. The van der Waals surface area contributed by atoms with Gasteiger partial charge in [0.25, 0.3) is 0 Å². The van der Waals surface area contributed by atoms with Crippen molar-refractivity contribution < 1.29 is 4.79 Å². The Morgan fingerprint density at radius 2 is 2.00 bits per heavy atom. The summed E-state index contributed by atoms with van der Waals surface area (Å²) < 4.78 is 0. The molecule has 0 aromatic rings. The Morgan fingerprint density at radius 3 is 2.11 bits per heavy atom. The first-order valence-corrected chi connectivity index (χ1v) is 3.95. The second kappa shape index (κ2) is 3.20. The van der Waals surface area contributed by atoms with Crippen LogP contribution in [-0.4, -0.2) is 16.8 Å². The third-order valence-electron chi connectivity index (χ3n) is 0.636. The van der Waals surface area contributed by atoms with Gasteiger partial charge in [0.05, 0.1) is 5.33 Å². The van der Waals surface area contributed by atoms with E-state index in [-0.39, 0.29) is 11.4 Å². The molecule has 9 heavy (non-hydrogen) atoms. The molecule has 0 atom stereocenters. The van der Waals surface area contributed by atoms with E-state index in [2.05, 4.69) is 21.2 Å². The molecule has 0 unspecified atom stereocenters. The van der Waals surface area contributed by atoms with Crippen LogP contribution in [0.15, 0.2) is 0 Å². The molecule has 2 nitrogen and oxygen atoms in total. The van der Waals surface area contributed by atoms with E-state index in [0.717, 1.165) is 0 Å². The Balaban J connectivity index is 3.60. The highest BCUT2D eigenvalue weighted by molar-refractivity contribution is 9.09. The number of hydrogen-bond acceptors (Lipinski definition) is 1. The van der Waals surface area contributed by atoms with Gasteiger partial charge in [-0.25, -0.2) is 0 Å².